The maximum atomic E-state index is 11.4. The number of pyridine rings is 1. The molecule has 0 bridgehead atoms. The first kappa shape index (κ1) is 13.9. The fraction of sp³-hybridized carbons (Fsp3) is 0.615. The predicted octanol–water partition coefficient (Wildman–Crippen LogP) is 0.861. The molecule has 4 heteroatoms. The molecule has 96 valence electrons. The quantitative estimate of drug-likeness (QED) is 0.771. The molecule has 1 aromatic rings. The summed E-state index contributed by atoms with van der Waals surface area (Å²) in [6.07, 6.45) is 1.80. The van der Waals surface area contributed by atoms with E-state index in [9.17, 15) is 4.79 Å². The van der Waals surface area contributed by atoms with E-state index in [1.807, 2.05) is 6.07 Å². The van der Waals surface area contributed by atoms with Gasteiger partial charge in [0, 0.05) is 44.5 Å². The van der Waals surface area contributed by atoms with Gasteiger partial charge in [-0.3, -0.25) is 4.79 Å². The van der Waals surface area contributed by atoms with Gasteiger partial charge in [0.15, 0.2) is 0 Å². The molecule has 0 aliphatic rings. The van der Waals surface area contributed by atoms with Crippen LogP contribution < -0.4 is 16.2 Å². The van der Waals surface area contributed by atoms with Gasteiger partial charge in [-0.05, 0) is 18.6 Å². The lowest BCUT2D eigenvalue weighted by atomic mass is 10.2. The van der Waals surface area contributed by atoms with Gasteiger partial charge in [-0.25, -0.2) is 0 Å². The van der Waals surface area contributed by atoms with Crippen LogP contribution in [0, 0.1) is 0 Å². The van der Waals surface area contributed by atoms with Crippen LogP contribution >= 0.6 is 0 Å². The summed E-state index contributed by atoms with van der Waals surface area (Å²) in [6.45, 7) is 8.07. The van der Waals surface area contributed by atoms with E-state index < -0.39 is 0 Å². The standard InChI is InChI=1S/C13H23N3O/c1-10(2)14-8-11(3)15-9-12-5-6-16(4)13(17)7-12/h5-7,10-11,14-15H,8-9H2,1-4H3. The third-order valence-electron chi connectivity index (χ3n) is 2.66. The smallest absolute Gasteiger partial charge is 0.250 e. The summed E-state index contributed by atoms with van der Waals surface area (Å²) in [5.74, 6) is 0. The number of rotatable bonds is 6. The van der Waals surface area contributed by atoms with Gasteiger partial charge in [-0.2, -0.15) is 0 Å². The highest BCUT2D eigenvalue weighted by atomic mass is 16.1. The molecule has 1 aromatic heterocycles. The third-order valence-corrected chi connectivity index (χ3v) is 2.66. The van der Waals surface area contributed by atoms with Crippen molar-refractivity contribution in [1.29, 1.82) is 0 Å². The monoisotopic (exact) mass is 237 g/mol. The second kappa shape index (κ2) is 6.57. The normalized spacial score (nSPS) is 13.0. The van der Waals surface area contributed by atoms with Crippen LogP contribution in [0.25, 0.3) is 0 Å². The summed E-state index contributed by atoms with van der Waals surface area (Å²) < 4.78 is 1.58. The maximum absolute atomic E-state index is 11.4. The van der Waals surface area contributed by atoms with E-state index in [0.29, 0.717) is 12.1 Å². The summed E-state index contributed by atoms with van der Waals surface area (Å²) in [6, 6.07) is 4.54. The molecule has 1 unspecified atom stereocenters. The molecule has 4 nitrogen and oxygen atoms in total. The zero-order chi connectivity index (χ0) is 12.8. The van der Waals surface area contributed by atoms with Crippen molar-refractivity contribution in [3.8, 4) is 0 Å². The molecular formula is C13H23N3O. The Labute approximate surface area is 103 Å². The van der Waals surface area contributed by atoms with Gasteiger partial charge in [-0.15, -0.1) is 0 Å². The summed E-state index contributed by atoms with van der Waals surface area (Å²) in [7, 11) is 1.76. The zero-order valence-electron chi connectivity index (χ0n) is 11.2. The van der Waals surface area contributed by atoms with Gasteiger partial charge >= 0.3 is 0 Å². The van der Waals surface area contributed by atoms with Crippen molar-refractivity contribution >= 4 is 0 Å². The minimum atomic E-state index is 0.0391. The summed E-state index contributed by atoms with van der Waals surface area (Å²) in [5.41, 5.74) is 1.07. The Kier molecular flexibility index (Phi) is 5.38. The Morgan fingerprint density at radius 2 is 2.00 bits per heavy atom. The van der Waals surface area contributed by atoms with Crippen molar-refractivity contribution in [1.82, 2.24) is 15.2 Å². The number of nitrogens with zero attached hydrogens (tertiary/aromatic N) is 1. The van der Waals surface area contributed by atoms with Crippen molar-refractivity contribution in [3.63, 3.8) is 0 Å². The fourth-order valence-corrected chi connectivity index (χ4v) is 1.48. The first-order chi connectivity index (χ1) is 7.99. The molecule has 1 atom stereocenters. The topological polar surface area (TPSA) is 46.1 Å². The van der Waals surface area contributed by atoms with E-state index >= 15 is 0 Å². The molecule has 0 aliphatic heterocycles. The molecule has 0 aliphatic carbocycles. The lowest BCUT2D eigenvalue weighted by Gasteiger charge is -2.16. The van der Waals surface area contributed by atoms with Gasteiger partial charge in [0.05, 0.1) is 0 Å². The number of nitrogens with one attached hydrogen (secondary N) is 2. The summed E-state index contributed by atoms with van der Waals surface area (Å²) in [5, 5.41) is 6.76. The lowest BCUT2D eigenvalue weighted by molar-refractivity contribution is 0.473. The molecule has 0 saturated heterocycles. The van der Waals surface area contributed by atoms with Crippen LogP contribution in [0.1, 0.15) is 26.3 Å². The highest BCUT2D eigenvalue weighted by Gasteiger charge is 2.02. The van der Waals surface area contributed by atoms with Crippen LogP contribution in [0.3, 0.4) is 0 Å². The molecule has 0 spiro atoms. The largest absolute Gasteiger partial charge is 0.319 e. The molecule has 0 aromatic carbocycles. The second-order valence-electron chi connectivity index (χ2n) is 4.83. The van der Waals surface area contributed by atoms with Crippen LogP contribution in [0.2, 0.25) is 0 Å². The Morgan fingerprint density at radius 1 is 1.29 bits per heavy atom. The van der Waals surface area contributed by atoms with E-state index in [1.165, 1.54) is 0 Å². The fourth-order valence-electron chi connectivity index (χ4n) is 1.48. The number of hydrogen-bond donors (Lipinski definition) is 2. The van der Waals surface area contributed by atoms with Gasteiger partial charge < -0.3 is 15.2 Å². The second-order valence-corrected chi connectivity index (χ2v) is 4.83. The highest BCUT2D eigenvalue weighted by molar-refractivity contribution is 5.10. The number of aryl methyl sites for hydroxylation is 1. The zero-order valence-corrected chi connectivity index (χ0v) is 11.2. The summed E-state index contributed by atoms with van der Waals surface area (Å²) >= 11 is 0. The van der Waals surface area contributed by atoms with Gasteiger partial charge in [0.1, 0.15) is 0 Å². The minimum Gasteiger partial charge on any atom is -0.319 e. The molecule has 1 rings (SSSR count). The van der Waals surface area contributed by atoms with Crippen molar-refractivity contribution in [2.45, 2.75) is 39.4 Å². The Morgan fingerprint density at radius 3 is 2.59 bits per heavy atom. The van der Waals surface area contributed by atoms with Crippen molar-refractivity contribution in [3.05, 3.63) is 34.2 Å². The number of aromatic nitrogens is 1. The van der Waals surface area contributed by atoms with E-state index in [1.54, 1.807) is 23.9 Å². The molecule has 0 amide bonds. The Hall–Kier alpha value is -1.13. The first-order valence-electron chi connectivity index (χ1n) is 6.11. The molecular weight excluding hydrogens is 214 g/mol. The first-order valence-corrected chi connectivity index (χ1v) is 6.11. The average molecular weight is 237 g/mol. The van der Waals surface area contributed by atoms with Crippen LogP contribution in [0.15, 0.2) is 23.1 Å². The SMILES string of the molecule is CC(C)NCC(C)NCc1ccn(C)c(=O)c1. The van der Waals surface area contributed by atoms with Gasteiger partial charge in [0.25, 0.3) is 5.56 Å². The summed E-state index contributed by atoms with van der Waals surface area (Å²) in [4.78, 5) is 11.4. The minimum absolute atomic E-state index is 0.0391. The van der Waals surface area contributed by atoms with Gasteiger partial charge in [0.2, 0.25) is 0 Å². The average Bonchev–Trinajstić information content (AvgIpc) is 2.28. The Balaban J connectivity index is 2.39. The molecule has 17 heavy (non-hydrogen) atoms. The van der Waals surface area contributed by atoms with Crippen molar-refractivity contribution < 1.29 is 0 Å². The van der Waals surface area contributed by atoms with E-state index in [2.05, 4.69) is 31.4 Å². The van der Waals surface area contributed by atoms with Crippen molar-refractivity contribution in [2.75, 3.05) is 6.54 Å². The highest BCUT2D eigenvalue weighted by Crippen LogP contribution is 1.94. The molecule has 0 radical (unpaired) electrons. The Bertz CT molecular complexity index is 398. The maximum Gasteiger partial charge on any atom is 0.250 e. The molecule has 0 fully saturated rings. The molecule has 2 N–H and O–H groups in total. The van der Waals surface area contributed by atoms with E-state index in [0.717, 1.165) is 18.7 Å². The predicted molar refractivity (Wildman–Crippen MR) is 71.1 cm³/mol. The van der Waals surface area contributed by atoms with Gasteiger partial charge in [-0.1, -0.05) is 13.8 Å². The van der Waals surface area contributed by atoms with Crippen LogP contribution in [-0.4, -0.2) is 23.2 Å². The van der Waals surface area contributed by atoms with Crippen molar-refractivity contribution in [2.24, 2.45) is 7.05 Å². The van der Waals surface area contributed by atoms with Crippen LogP contribution in [0.5, 0.6) is 0 Å². The van der Waals surface area contributed by atoms with E-state index in [-0.39, 0.29) is 5.56 Å². The van der Waals surface area contributed by atoms with Crippen LogP contribution in [-0.2, 0) is 13.6 Å². The molecule has 0 saturated carbocycles. The third kappa shape index (κ3) is 5.15. The lowest BCUT2D eigenvalue weighted by Crippen LogP contribution is -2.38. The van der Waals surface area contributed by atoms with E-state index in [4.69, 9.17) is 0 Å². The number of hydrogen-bond acceptors (Lipinski definition) is 3. The molecule has 1 heterocycles. The van der Waals surface area contributed by atoms with Crippen LogP contribution in [0.4, 0.5) is 0 Å².